The Morgan fingerprint density at radius 1 is 1.10 bits per heavy atom. The Morgan fingerprint density at radius 2 is 1.87 bits per heavy atom. The Kier molecular flexibility index (Phi) is 4.74. The number of allylic oxidation sites excluding steroid dienone is 1. The molecule has 1 heterocycles. The van der Waals surface area contributed by atoms with Crippen molar-refractivity contribution in [3.8, 4) is 0 Å². The summed E-state index contributed by atoms with van der Waals surface area (Å²) in [5.41, 5.74) is 4.27. The minimum atomic E-state index is -0.176. The maximum Gasteiger partial charge on any atom is 0.0604 e. The van der Waals surface area contributed by atoms with E-state index in [1.54, 1.807) is 0 Å². The highest BCUT2D eigenvalue weighted by molar-refractivity contribution is 5.83. The first-order chi connectivity index (χ1) is 14.3. The molecule has 0 aliphatic heterocycles. The Bertz CT molecular complexity index is 958. The first kappa shape index (κ1) is 20.4. The van der Waals surface area contributed by atoms with Crippen LogP contribution in [0.3, 0.4) is 0 Å². The van der Waals surface area contributed by atoms with Crippen LogP contribution in [0.5, 0.6) is 0 Å². The van der Waals surface area contributed by atoms with E-state index in [0.29, 0.717) is 29.6 Å². The molecule has 2 N–H and O–H groups in total. The molecule has 2 unspecified atom stereocenters. The topological polar surface area (TPSA) is 36.0 Å². The third-order valence-electron chi connectivity index (χ3n) is 10.2. The molecule has 1 aromatic heterocycles. The zero-order valence-electron chi connectivity index (χ0n) is 19.2. The van der Waals surface area contributed by atoms with Crippen molar-refractivity contribution in [3.05, 3.63) is 48.2 Å². The fourth-order valence-corrected chi connectivity index (χ4v) is 8.57. The van der Waals surface area contributed by atoms with Crippen molar-refractivity contribution >= 4 is 10.9 Å². The zero-order chi connectivity index (χ0) is 21.3. The van der Waals surface area contributed by atoms with Gasteiger partial charge in [0.25, 0.3) is 0 Å². The van der Waals surface area contributed by atoms with Crippen molar-refractivity contribution in [3.63, 3.8) is 0 Å². The normalized spacial score (nSPS) is 43.8. The van der Waals surface area contributed by atoms with E-state index < -0.39 is 0 Å². The molecule has 5 rings (SSSR count). The molecule has 1 aromatic carbocycles. The minimum Gasteiger partial charge on any atom is -0.393 e. The number of hydrogen-bond donors (Lipinski definition) is 2. The van der Waals surface area contributed by atoms with Gasteiger partial charge in [-0.25, -0.2) is 0 Å². The molecule has 3 fully saturated rings. The number of para-hydroxylation sites is 1. The number of rotatable bonds is 2. The van der Waals surface area contributed by atoms with Crippen LogP contribution in [-0.2, 0) is 0 Å². The largest absolute Gasteiger partial charge is 0.393 e. The van der Waals surface area contributed by atoms with Crippen LogP contribution < -0.4 is 0 Å². The molecule has 0 saturated heterocycles. The molecule has 0 amide bonds. The van der Waals surface area contributed by atoms with Crippen molar-refractivity contribution in [2.75, 3.05) is 0 Å². The van der Waals surface area contributed by atoms with Gasteiger partial charge in [0, 0.05) is 22.5 Å². The predicted octanol–water partition coefficient (Wildman–Crippen LogP) is 7.07. The van der Waals surface area contributed by atoms with Crippen LogP contribution in [0.2, 0.25) is 0 Å². The summed E-state index contributed by atoms with van der Waals surface area (Å²) >= 11 is 0. The second-order valence-corrected chi connectivity index (χ2v) is 11.3. The van der Waals surface area contributed by atoms with Crippen molar-refractivity contribution in [2.45, 2.75) is 78.2 Å². The van der Waals surface area contributed by atoms with Crippen LogP contribution in [0.1, 0.15) is 77.7 Å². The number of hydrogen-bond acceptors (Lipinski definition) is 1. The van der Waals surface area contributed by atoms with Crippen molar-refractivity contribution in [2.24, 2.45) is 34.5 Å². The van der Waals surface area contributed by atoms with Gasteiger partial charge in [-0.2, -0.15) is 0 Å². The van der Waals surface area contributed by atoms with Gasteiger partial charge < -0.3 is 10.1 Å². The fourth-order valence-electron chi connectivity index (χ4n) is 8.57. The SMILES string of the molecule is C=C(C)C1CC[C@@]23[C@@H](O)CC[C@H](C)[C@@]2(C)CC[C@H](C)[C@@H]3C1c1c[nH]c2ccccc12. The quantitative estimate of drug-likeness (QED) is 0.515. The summed E-state index contributed by atoms with van der Waals surface area (Å²) in [5, 5.41) is 13.1. The summed E-state index contributed by atoms with van der Waals surface area (Å²) in [5.74, 6) is 2.74. The van der Waals surface area contributed by atoms with Gasteiger partial charge in [-0.15, -0.1) is 0 Å². The van der Waals surface area contributed by atoms with Crippen molar-refractivity contribution in [1.82, 2.24) is 4.98 Å². The standard InChI is InChI=1S/C28H39NO/c1-17(2)20-13-15-28-24(30)11-10-19(4)27(28,5)14-12-18(3)26(28)25(20)22-16-29-23-9-7-6-8-21(22)23/h6-9,16,18-20,24-26,29-30H,1,10-15H2,2-5H3/t18-,19-,20?,24-,25?,26+,27+,28-/m0/s1. The summed E-state index contributed by atoms with van der Waals surface area (Å²) in [6, 6.07) is 8.76. The summed E-state index contributed by atoms with van der Waals surface area (Å²) in [4.78, 5) is 3.56. The van der Waals surface area contributed by atoms with E-state index in [2.05, 4.69) is 69.7 Å². The second-order valence-electron chi connectivity index (χ2n) is 11.3. The molecule has 30 heavy (non-hydrogen) atoms. The van der Waals surface area contributed by atoms with Crippen molar-refractivity contribution in [1.29, 1.82) is 0 Å². The average Bonchev–Trinajstić information content (AvgIpc) is 3.16. The number of aromatic amines is 1. The highest BCUT2D eigenvalue weighted by Gasteiger charge is 2.67. The lowest BCUT2D eigenvalue weighted by molar-refractivity contribution is -0.228. The van der Waals surface area contributed by atoms with Crippen LogP contribution in [0, 0.1) is 34.5 Å². The van der Waals surface area contributed by atoms with E-state index in [4.69, 9.17) is 0 Å². The molecular formula is C28H39NO. The van der Waals surface area contributed by atoms with Crippen LogP contribution in [0.25, 0.3) is 10.9 Å². The van der Waals surface area contributed by atoms with E-state index in [9.17, 15) is 5.11 Å². The molecule has 0 bridgehead atoms. The summed E-state index contributed by atoms with van der Waals surface area (Å²) in [6.07, 6.45) is 9.10. The molecule has 2 aromatic rings. The second kappa shape index (κ2) is 6.99. The van der Waals surface area contributed by atoms with Gasteiger partial charge in [0.1, 0.15) is 0 Å². The van der Waals surface area contributed by atoms with Gasteiger partial charge >= 0.3 is 0 Å². The Hall–Kier alpha value is -1.54. The average molecular weight is 406 g/mol. The lowest BCUT2D eigenvalue weighted by Crippen LogP contribution is -2.65. The summed E-state index contributed by atoms with van der Waals surface area (Å²) in [6.45, 7) is 14.2. The maximum absolute atomic E-state index is 11.7. The van der Waals surface area contributed by atoms with E-state index in [1.165, 1.54) is 41.3 Å². The van der Waals surface area contributed by atoms with E-state index in [0.717, 1.165) is 19.3 Å². The van der Waals surface area contributed by atoms with E-state index in [-0.39, 0.29) is 16.9 Å². The molecule has 0 radical (unpaired) electrons. The molecule has 8 atom stereocenters. The monoisotopic (exact) mass is 405 g/mol. The molecule has 3 saturated carbocycles. The number of aromatic nitrogens is 1. The number of H-pyrrole nitrogens is 1. The number of nitrogens with one attached hydrogen (secondary N) is 1. The summed E-state index contributed by atoms with van der Waals surface area (Å²) in [7, 11) is 0. The molecule has 2 nitrogen and oxygen atoms in total. The smallest absolute Gasteiger partial charge is 0.0604 e. The molecule has 162 valence electrons. The number of benzene rings is 1. The molecule has 2 heteroatoms. The van der Waals surface area contributed by atoms with Crippen molar-refractivity contribution < 1.29 is 5.11 Å². The zero-order valence-corrected chi connectivity index (χ0v) is 19.2. The predicted molar refractivity (Wildman–Crippen MR) is 125 cm³/mol. The highest BCUT2D eigenvalue weighted by Crippen LogP contribution is 2.72. The Balaban J connectivity index is 1.74. The molecule has 1 spiro atoms. The van der Waals surface area contributed by atoms with Gasteiger partial charge in [0.15, 0.2) is 0 Å². The number of fused-ring (bicyclic) bond motifs is 1. The van der Waals surface area contributed by atoms with Crippen LogP contribution in [-0.4, -0.2) is 16.2 Å². The molecule has 3 aliphatic carbocycles. The Morgan fingerprint density at radius 3 is 2.63 bits per heavy atom. The third kappa shape index (κ3) is 2.52. The fraction of sp³-hybridized carbons (Fsp3) is 0.643. The van der Waals surface area contributed by atoms with E-state index >= 15 is 0 Å². The van der Waals surface area contributed by atoms with E-state index in [1.807, 2.05) is 0 Å². The van der Waals surface area contributed by atoms with Gasteiger partial charge in [-0.3, -0.25) is 0 Å². The third-order valence-corrected chi connectivity index (χ3v) is 10.2. The number of aliphatic hydroxyl groups is 1. The van der Waals surface area contributed by atoms with Gasteiger partial charge in [-0.1, -0.05) is 51.1 Å². The first-order valence-electron chi connectivity index (χ1n) is 12.2. The number of aliphatic hydroxyl groups excluding tert-OH is 1. The molecular weight excluding hydrogens is 366 g/mol. The minimum absolute atomic E-state index is 0.0251. The van der Waals surface area contributed by atoms with Crippen LogP contribution >= 0.6 is 0 Å². The molecule has 3 aliphatic rings. The first-order valence-corrected chi connectivity index (χ1v) is 12.2. The highest BCUT2D eigenvalue weighted by atomic mass is 16.3. The Labute approximate surface area is 182 Å². The lowest BCUT2D eigenvalue weighted by Gasteiger charge is -2.69. The van der Waals surface area contributed by atoms with Crippen LogP contribution in [0.4, 0.5) is 0 Å². The lowest BCUT2D eigenvalue weighted by atomic mass is 9.35. The van der Waals surface area contributed by atoms with Gasteiger partial charge in [0.05, 0.1) is 6.10 Å². The summed E-state index contributed by atoms with van der Waals surface area (Å²) < 4.78 is 0. The van der Waals surface area contributed by atoms with Gasteiger partial charge in [0.2, 0.25) is 0 Å². The maximum atomic E-state index is 11.7. The van der Waals surface area contributed by atoms with Gasteiger partial charge in [-0.05, 0) is 92.1 Å². The van der Waals surface area contributed by atoms with Crippen LogP contribution in [0.15, 0.2) is 42.6 Å².